The van der Waals surface area contributed by atoms with Crippen molar-refractivity contribution in [3.8, 4) is 5.75 Å². The number of nitrogens with one attached hydrogen (secondary N) is 2. The Morgan fingerprint density at radius 1 is 1.00 bits per heavy atom. The highest BCUT2D eigenvalue weighted by Gasteiger charge is 2.22. The molecule has 0 aliphatic carbocycles. The number of rotatable bonds is 8. The second-order valence-electron chi connectivity index (χ2n) is 6.73. The quantitative estimate of drug-likeness (QED) is 0.558. The molecule has 0 radical (unpaired) electrons. The minimum Gasteiger partial charge on any atom is -0.497 e. The number of amides is 1. The number of carbonyl (C=O) groups is 1. The standard InChI is InChI=1S/C23H23FN2O4S/c1-3-25-31(28,29)19-13-14-21(24)20(15-19)23(27)26-22(16-7-5-4-6-8-16)17-9-11-18(30-2)12-10-17/h4-15,22,25H,3H2,1-2H3,(H,26,27). The Balaban J connectivity index is 1.97. The summed E-state index contributed by atoms with van der Waals surface area (Å²) < 4.78 is 46.5. The number of sulfonamides is 1. The fourth-order valence-electron chi connectivity index (χ4n) is 3.13. The predicted molar refractivity (Wildman–Crippen MR) is 116 cm³/mol. The highest BCUT2D eigenvalue weighted by atomic mass is 32.2. The van der Waals surface area contributed by atoms with Crippen molar-refractivity contribution < 1.29 is 22.3 Å². The molecule has 0 aliphatic heterocycles. The Morgan fingerprint density at radius 3 is 2.26 bits per heavy atom. The van der Waals surface area contributed by atoms with E-state index in [1.54, 1.807) is 38.3 Å². The molecule has 1 unspecified atom stereocenters. The SMILES string of the molecule is CCNS(=O)(=O)c1ccc(F)c(C(=O)NC(c2ccccc2)c2ccc(OC)cc2)c1. The van der Waals surface area contributed by atoms with E-state index in [0.717, 1.165) is 29.3 Å². The maximum absolute atomic E-state index is 14.5. The van der Waals surface area contributed by atoms with Crippen LogP contribution in [0.15, 0.2) is 77.7 Å². The van der Waals surface area contributed by atoms with E-state index in [4.69, 9.17) is 4.74 Å². The lowest BCUT2D eigenvalue weighted by Crippen LogP contribution is -2.30. The number of hydrogen-bond acceptors (Lipinski definition) is 4. The molecule has 0 spiro atoms. The summed E-state index contributed by atoms with van der Waals surface area (Å²) in [7, 11) is -2.28. The molecule has 3 aromatic carbocycles. The van der Waals surface area contributed by atoms with Crippen LogP contribution in [-0.2, 0) is 10.0 Å². The van der Waals surface area contributed by atoms with Gasteiger partial charge in [-0.25, -0.2) is 17.5 Å². The van der Waals surface area contributed by atoms with Gasteiger partial charge >= 0.3 is 0 Å². The van der Waals surface area contributed by atoms with Crippen molar-refractivity contribution >= 4 is 15.9 Å². The van der Waals surface area contributed by atoms with Gasteiger partial charge < -0.3 is 10.1 Å². The molecule has 3 rings (SSSR count). The third kappa shape index (κ3) is 5.28. The van der Waals surface area contributed by atoms with Gasteiger partial charge in [0.2, 0.25) is 10.0 Å². The first-order valence-electron chi connectivity index (χ1n) is 9.64. The van der Waals surface area contributed by atoms with E-state index >= 15 is 0 Å². The predicted octanol–water partition coefficient (Wildman–Crippen LogP) is 3.65. The molecule has 0 aromatic heterocycles. The zero-order chi connectivity index (χ0) is 22.4. The number of halogens is 1. The van der Waals surface area contributed by atoms with Gasteiger partial charge in [-0.05, 0) is 41.5 Å². The molecule has 31 heavy (non-hydrogen) atoms. The maximum Gasteiger partial charge on any atom is 0.255 e. The Labute approximate surface area is 181 Å². The van der Waals surface area contributed by atoms with Crippen LogP contribution in [-0.4, -0.2) is 28.0 Å². The maximum atomic E-state index is 14.5. The van der Waals surface area contributed by atoms with E-state index in [2.05, 4.69) is 10.0 Å². The van der Waals surface area contributed by atoms with Crippen molar-refractivity contribution in [3.05, 3.63) is 95.3 Å². The molecule has 0 bridgehead atoms. The number of ether oxygens (including phenoxy) is 1. The summed E-state index contributed by atoms with van der Waals surface area (Å²) in [5, 5.41) is 2.82. The van der Waals surface area contributed by atoms with Crippen LogP contribution < -0.4 is 14.8 Å². The van der Waals surface area contributed by atoms with E-state index in [9.17, 15) is 17.6 Å². The molecule has 1 amide bonds. The van der Waals surface area contributed by atoms with Gasteiger partial charge in [-0.3, -0.25) is 4.79 Å². The summed E-state index contributed by atoms with van der Waals surface area (Å²) in [6.45, 7) is 1.81. The van der Waals surface area contributed by atoms with Gasteiger partial charge in [0.1, 0.15) is 11.6 Å². The fourth-order valence-corrected chi connectivity index (χ4v) is 4.20. The molecule has 0 aliphatic rings. The first-order chi connectivity index (χ1) is 14.9. The lowest BCUT2D eigenvalue weighted by atomic mass is 9.98. The molecule has 0 saturated carbocycles. The first-order valence-corrected chi connectivity index (χ1v) is 11.1. The average Bonchev–Trinajstić information content (AvgIpc) is 2.78. The molecule has 0 heterocycles. The fraction of sp³-hybridized carbons (Fsp3) is 0.174. The molecular weight excluding hydrogens is 419 g/mol. The summed E-state index contributed by atoms with van der Waals surface area (Å²) in [4.78, 5) is 12.8. The molecule has 162 valence electrons. The van der Waals surface area contributed by atoms with Gasteiger partial charge in [-0.2, -0.15) is 0 Å². The Bertz CT molecular complexity index is 1150. The molecular formula is C23H23FN2O4S. The number of benzene rings is 3. The Kier molecular flexibility index (Phi) is 7.04. The first kappa shape index (κ1) is 22.5. The number of carbonyl (C=O) groups excluding carboxylic acids is 1. The van der Waals surface area contributed by atoms with Crippen molar-refractivity contribution in [2.45, 2.75) is 17.9 Å². The molecule has 6 nitrogen and oxygen atoms in total. The van der Waals surface area contributed by atoms with E-state index in [0.29, 0.717) is 5.75 Å². The monoisotopic (exact) mass is 442 g/mol. The lowest BCUT2D eigenvalue weighted by molar-refractivity contribution is 0.0938. The van der Waals surface area contributed by atoms with E-state index in [1.165, 1.54) is 0 Å². The summed E-state index contributed by atoms with van der Waals surface area (Å²) in [5.41, 5.74) is 1.20. The zero-order valence-corrected chi connectivity index (χ0v) is 17.9. The highest BCUT2D eigenvalue weighted by molar-refractivity contribution is 7.89. The van der Waals surface area contributed by atoms with Crippen molar-refractivity contribution in [3.63, 3.8) is 0 Å². The summed E-state index contributed by atoms with van der Waals surface area (Å²) in [5.74, 6) is -0.875. The van der Waals surface area contributed by atoms with Gasteiger partial charge in [0.15, 0.2) is 0 Å². The summed E-state index contributed by atoms with van der Waals surface area (Å²) in [6.07, 6.45) is 0. The van der Waals surface area contributed by atoms with Crippen LogP contribution in [0, 0.1) is 5.82 Å². The van der Waals surface area contributed by atoms with Crippen LogP contribution in [0.5, 0.6) is 5.75 Å². The van der Waals surface area contributed by atoms with Crippen LogP contribution >= 0.6 is 0 Å². The molecule has 0 fully saturated rings. The Morgan fingerprint density at radius 2 is 1.65 bits per heavy atom. The molecule has 3 aromatic rings. The minimum absolute atomic E-state index is 0.175. The molecule has 0 saturated heterocycles. The number of hydrogen-bond donors (Lipinski definition) is 2. The summed E-state index contributed by atoms with van der Waals surface area (Å²) >= 11 is 0. The van der Waals surface area contributed by atoms with Crippen LogP contribution in [0.2, 0.25) is 0 Å². The van der Waals surface area contributed by atoms with E-state index < -0.39 is 27.8 Å². The van der Waals surface area contributed by atoms with E-state index in [1.807, 2.05) is 30.3 Å². The highest BCUT2D eigenvalue weighted by Crippen LogP contribution is 2.25. The number of methoxy groups -OCH3 is 1. The Hall–Kier alpha value is -3.23. The largest absolute Gasteiger partial charge is 0.497 e. The van der Waals surface area contributed by atoms with Crippen molar-refractivity contribution in [1.29, 1.82) is 0 Å². The van der Waals surface area contributed by atoms with Crippen LogP contribution in [0.3, 0.4) is 0 Å². The normalized spacial score (nSPS) is 12.2. The van der Waals surface area contributed by atoms with Crippen molar-refractivity contribution in [2.24, 2.45) is 0 Å². The van der Waals surface area contributed by atoms with Crippen molar-refractivity contribution in [1.82, 2.24) is 10.0 Å². The van der Waals surface area contributed by atoms with Crippen molar-refractivity contribution in [2.75, 3.05) is 13.7 Å². The van der Waals surface area contributed by atoms with Gasteiger partial charge in [0, 0.05) is 6.54 Å². The summed E-state index contributed by atoms with van der Waals surface area (Å²) in [6, 6.07) is 18.9. The average molecular weight is 443 g/mol. The second-order valence-corrected chi connectivity index (χ2v) is 8.50. The molecule has 1 atom stereocenters. The third-order valence-electron chi connectivity index (χ3n) is 4.68. The van der Waals surface area contributed by atoms with Gasteiger partial charge in [-0.15, -0.1) is 0 Å². The van der Waals surface area contributed by atoms with E-state index in [-0.39, 0.29) is 17.0 Å². The zero-order valence-electron chi connectivity index (χ0n) is 17.1. The minimum atomic E-state index is -3.83. The third-order valence-corrected chi connectivity index (χ3v) is 6.23. The van der Waals surface area contributed by atoms with Crippen LogP contribution in [0.4, 0.5) is 4.39 Å². The van der Waals surface area contributed by atoms with Crippen LogP contribution in [0.1, 0.15) is 34.5 Å². The smallest absolute Gasteiger partial charge is 0.255 e. The lowest BCUT2D eigenvalue weighted by Gasteiger charge is -2.20. The van der Waals surface area contributed by atoms with Gasteiger partial charge in [0.25, 0.3) is 5.91 Å². The second kappa shape index (κ2) is 9.72. The topological polar surface area (TPSA) is 84.5 Å². The van der Waals surface area contributed by atoms with Gasteiger partial charge in [-0.1, -0.05) is 49.4 Å². The van der Waals surface area contributed by atoms with Crippen LogP contribution in [0.25, 0.3) is 0 Å². The molecule has 8 heteroatoms. The van der Waals surface area contributed by atoms with Gasteiger partial charge in [0.05, 0.1) is 23.6 Å². The molecule has 2 N–H and O–H groups in total.